The zero-order valence-electron chi connectivity index (χ0n) is 22.8. The lowest BCUT2D eigenvalue weighted by Gasteiger charge is -2.23. The highest BCUT2D eigenvalue weighted by Gasteiger charge is 2.48. The van der Waals surface area contributed by atoms with E-state index in [1.807, 2.05) is 0 Å². The van der Waals surface area contributed by atoms with Crippen LogP contribution < -0.4 is 14.4 Å². The van der Waals surface area contributed by atoms with Crippen LogP contribution in [0.15, 0.2) is 76.9 Å². The van der Waals surface area contributed by atoms with Crippen molar-refractivity contribution in [1.82, 2.24) is 15.2 Å². The number of nitrogens with zero attached hydrogens (tertiary/aromatic N) is 4. The maximum Gasteiger partial charge on any atom is 0.301 e. The Morgan fingerprint density at radius 3 is 2.62 bits per heavy atom. The number of thioether (sulfide) groups is 1. The summed E-state index contributed by atoms with van der Waals surface area (Å²) in [7, 11) is 1.50. The van der Waals surface area contributed by atoms with Crippen LogP contribution in [-0.4, -0.2) is 45.7 Å². The van der Waals surface area contributed by atoms with Crippen LogP contribution in [0, 0.1) is 5.82 Å². The van der Waals surface area contributed by atoms with Crippen molar-refractivity contribution in [2.24, 2.45) is 0 Å². The lowest BCUT2D eigenvalue weighted by molar-refractivity contribution is -0.132. The predicted molar refractivity (Wildman–Crippen MR) is 158 cm³/mol. The van der Waals surface area contributed by atoms with Gasteiger partial charge in [0.1, 0.15) is 11.6 Å². The van der Waals surface area contributed by atoms with Crippen molar-refractivity contribution in [2.75, 3.05) is 18.6 Å². The van der Waals surface area contributed by atoms with Gasteiger partial charge in [-0.1, -0.05) is 60.7 Å². The summed E-state index contributed by atoms with van der Waals surface area (Å²) < 4.78 is 26.1. The van der Waals surface area contributed by atoms with E-state index in [0.29, 0.717) is 44.9 Å². The van der Waals surface area contributed by atoms with Crippen molar-refractivity contribution >= 4 is 45.7 Å². The molecule has 1 N–H and O–H groups in total. The minimum atomic E-state index is -1.03. The average molecular weight is 607 g/mol. The Bertz CT molecular complexity index is 1630. The van der Waals surface area contributed by atoms with Crippen LogP contribution in [0.3, 0.4) is 0 Å². The smallest absolute Gasteiger partial charge is 0.301 e. The molecule has 1 saturated heterocycles. The van der Waals surface area contributed by atoms with Gasteiger partial charge in [-0.3, -0.25) is 19.5 Å². The van der Waals surface area contributed by atoms with Crippen LogP contribution >= 0.6 is 23.1 Å². The third kappa shape index (κ3) is 6.00. The third-order valence-corrected chi connectivity index (χ3v) is 8.67. The van der Waals surface area contributed by atoms with Gasteiger partial charge < -0.3 is 14.6 Å². The van der Waals surface area contributed by atoms with Gasteiger partial charge in [-0.05, 0) is 47.9 Å². The zero-order chi connectivity index (χ0) is 29.6. The molecule has 1 amide bonds. The van der Waals surface area contributed by atoms with Gasteiger partial charge in [-0.25, -0.2) is 4.39 Å². The van der Waals surface area contributed by atoms with Crippen LogP contribution in [0.5, 0.6) is 11.5 Å². The van der Waals surface area contributed by atoms with Gasteiger partial charge in [0.05, 0.1) is 25.3 Å². The molecular weight excluding hydrogens is 579 g/mol. The van der Waals surface area contributed by atoms with Crippen molar-refractivity contribution in [3.63, 3.8) is 0 Å². The molecule has 0 saturated carbocycles. The number of carbonyl (C=O) groups is 2. The van der Waals surface area contributed by atoms with Gasteiger partial charge in [0.25, 0.3) is 5.78 Å². The molecule has 1 fully saturated rings. The first-order valence-electron chi connectivity index (χ1n) is 13.1. The summed E-state index contributed by atoms with van der Waals surface area (Å²) in [5, 5.41) is 19.8. The Morgan fingerprint density at radius 2 is 1.88 bits per heavy atom. The number of ketones is 1. The Morgan fingerprint density at radius 1 is 1.10 bits per heavy atom. The summed E-state index contributed by atoms with van der Waals surface area (Å²) in [6.45, 7) is 2.57. The van der Waals surface area contributed by atoms with Crippen molar-refractivity contribution in [3.8, 4) is 11.5 Å². The normalized spacial score (nSPS) is 16.2. The summed E-state index contributed by atoms with van der Waals surface area (Å²) in [6, 6.07) is 13.6. The second-order valence-corrected chi connectivity index (χ2v) is 11.4. The number of rotatable bonds is 11. The quantitative estimate of drug-likeness (QED) is 0.0534. The minimum Gasteiger partial charge on any atom is -0.507 e. The summed E-state index contributed by atoms with van der Waals surface area (Å²) in [4.78, 5) is 32.2. The number of aromatic nitrogens is 3. The third-order valence-electron chi connectivity index (χ3n) is 6.57. The molecule has 1 unspecified atom stereocenters. The maximum atomic E-state index is 14.1. The number of amides is 1. The molecule has 0 bridgehead atoms. The molecule has 216 valence electrons. The summed E-state index contributed by atoms with van der Waals surface area (Å²) in [6.07, 6.45) is 4.79. The summed E-state index contributed by atoms with van der Waals surface area (Å²) >= 11 is 2.36. The number of unbranched alkanes of at least 4 members (excludes halogenated alkanes) is 1. The van der Waals surface area contributed by atoms with Crippen LogP contribution in [-0.2, 0) is 15.3 Å². The number of anilines is 1. The van der Waals surface area contributed by atoms with Crippen LogP contribution in [0.1, 0.15) is 42.5 Å². The minimum absolute atomic E-state index is 0.108. The standard InChI is InChI=1S/C30H27FN4O5S2/c1-3-4-15-40-22-10-9-19(16-23(22)39-2)25-24(26(36)18-11-13-32-14-12-18)27(37)28(38)35(25)29-33-34-30(42-29)41-17-20-7-5-6-8-21(20)31/h5-14,16,25,36H,3-4,15,17H2,1-2H3/b26-24+. The lowest BCUT2D eigenvalue weighted by Crippen LogP contribution is -2.29. The fourth-order valence-electron chi connectivity index (χ4n) is 4.42. The second-order valence-electron chi connectivity index (χ2n) is 9.25. The number of halogens is 1. The molecule has 5 rings (SSSR count). The molecule has 9 nitrogen and oxygen atoms in total. The van der Waals surface area contributed by atoms with Gasteiger partial charge in [0.15, 0.2) is 15.8 Å². The molecule has 2 aromatic carbocycles. The number of hydrogen-bond donors (Lipinski definition) is 1. The Balaban J connectivity index is 1.55. The summed E-state index contributed by atoms with van der Waals surface area (Å²) in [5.74, 6) is -1.16. The van der Waals surface area contributed by atoms with E-state index in [0.717, 1.165) is 24.2 Å². The van der Waals surface area contributed by atoms with Gasteiger partial charge in [0.2, 0.25) is 5.13 Å². The fraction of sp³-hybridized carbons (Fsp3) is 0.233. The molecule has 0 spiro atoms. The molecule has 12 heteroatoms. The topological polar surface area (TPSA) is 115 Å². The average Bonchev–Trinajstić information content (AvgIpc) is 3.58. The first-order chi connectivity index (χ1) is 20.4. The molecule has 0 radical (unpaired) electrons. The van der Waals surface area contributed by atoms with Gasteiger partial charge in [0, 0.05) is 23.7 Å². The fourth-order valence-corrected chi connectivity index (χ4v) is 6.28. The van der Waals surface area contributed by atoms with Gasteiger partial charge >= 0.3 is 5.91 Å². The number of aliphatic hydroxyl groups is 1. The number of benzene rings is 2. The lowest BCUT2D eigenvalue weighted by atomic mass is 9.95. The SMILES string of the molecule is CCCCOc1ccc(C2/C(=C(\O)c3ccncc3)C(=O)C(=O)N2c2nnc(SCc3ccccc3F)s2)cc1OC. The van der Waals surface area contributed by atoms with Crippen molar-refractivity contribution < 1.29 is 28.6 Å². The highest BCUT2D eigenvalue weighted by Crippen LogP contribution is 2.45. The first kappa shape index (κ1) is 29.2. The number of aliphatic hydroxyl groups excluding tert-OH is 1. The highest BCUT2D eigenvalue weighted by molar-refractivity contribution is 8.00. The van der Waals surface area contributed by atoms with Crippen LogP contribution in [0.25, 0.3) is 5.76 Å². The number of ether oxygens (including phenoxy) is 2. The van der Waals surface area contributed by atoms with E-state index in [2.05, 4.69) is 22.1 Å². The Hall–Kier alpha value is -4.29. The monoisotopic (exact) mass is 606 g/mol. The first-order valence-corrected chi connectivity index (χ1v) is 14.9. The van der Waals surface area contributed by atoms with E-state index in [1.165, 1.54) is 42.2 Å². The van der Waals surface area contributed by atoms with E-state index in [-0.39, 0.29) is 22.3 Å². The van der Waals surface area contributed by atoms with E-state index in [9.17, 15) is 19.1 Å². The molecular formula is C30H27FN4O5S2. The number of carbonyl (C=O) groups excluding carboxylic acids is 2. The number of Topliss-reactive ketones (excluding diaryl/α,β-unsaturated/α-hetero) is 1. The van der Waals surface area contributed by atoms with E-state index in [4.69, 9.17) is 9.47 Å². The van der Waals surface area contributed by atoms with E-state index >= 15 is 0 Å². The molecule has 0 aliphatic carbocycles. The molecule has 1 aliphatic heterocycles. The van der Waals surface area contributed by atoms with Crippen molar-refractivity contribution in [2.45, 2.75) is 35.9 Å². The number of pyridine rings is 1. The molecule has 4 aromatic rings. The Kier molecular flexibility index (Phi) is 9.13. The molecule has 1 aliphatic rings. The second kappa shape index (κ2) is 13.1. The van der Waals surface area contributed by atoms with Crippen molar-refractivity contribution in [3.05, 3.63) is 95.1 Å². The van der Waals surface area contributed by atoms with Gasteiger partial charge in [-0.15, -0.1) is 10.2 Å². The summed E-state index contributed by atoms with van der Waals surface area (Å²) in [5.41, 5.74) is 1.23. The van der Waals surface area contributed by atoms with Crippen molar-refractivity contribution in [1.29, 1.82) is 0 Å². The van der Waals surface area contributed by atoms with Crippen LogP contribution in [0.2, 0.25) is 0 Å². The predicted octanol–water partition coefficient (Wildman–Crippen LogP) is 6.18. The highest BCUT2D eigenvalue weighted by atomic mass is 32.2. The molecule has 42 heavy (non-hydrogen) atoms. The Labute approximate surface area is 250 Å². The molecule has 3 heterocycles. The number of hydrogen-bond acceptors (Lipinski definition) is 10. The largest absolute Gasteiger partial charge is 0.507 e. The zero-order valence-corrected chi connectivity index (χ0v) is 24.5. The number of methoxy groups -OCH3 is 1. The van der Waals surface area contributed by atoms with E-state index < -0.39 is 17.7 Å². The molecule has 2 aromatic heterocycles. The van der Waals surface area contributed by atoms with E-state index in [1.54, 1.807) is 48.5 Å². The molecule has 1 atom stereocenters. The maximum absolute atomic E-state index is 14.1. The van der Waals surface area contributed by atoms with Crippen LogP contribution in [0.4, 0.5) is 9.52 Å². The van der Waals surface area contributed by atoms with Gasteiger partial charge in [-0.2, -0.15) is 0 Å².